The summed E-state index contributed by atoms with van der Waals surface area (Å²) in [5.74, 6) is 0.0306. The van der Waals surface area contributed by atoms with Crippen molar-refractivity contribution >= 4 is 5.97 Å². The van der Waals surface area contributed by atoms with Gasteiger partial charge in [-0.2, -0.15) is 0 Å². The molecule has 25 heavy (non-hydrogen) atoms. The van der Waals surface area contributed by atoms with Gasteiger partial charge >= 0.3 is 5.97 Å². The number of aryl methyl sites for hydroxylation is 1. The van der Waals surface area contributed by atoms with Crippen molar-refractivity contribution in [2.75, 3.05) is 7.11 Å². The van der Waals surface area contributed by atoms with Crippen LogP contribution in [0.4, 0.5) is 0 Å². The van der Waals surface area contributed by atoms with E-state index in [2.05, 4.69) is 17.4 Å². The summed E-state index contributed by atoms with van der Waals surface area (Å²) in [5, 5.41) is 12.9. The molecule has 0 fully saturated rings. The first-order valence-corrected chi connectivity index (χ1v) is 8.57. The second-order valence-corrected chi connectivity index (χ2v) is 6.84. The number of carbonyl (C=O) groups is 1. The van der Waals surface area contributed by atoms with Crippen molar-refractivity contribution in [3.05, 3.63) is 65.7 Å². The topological polar surface area (TPSA) is 58.6 Å². The Morgan fingerprint density at radius 3 is 2.32 bits per heavy atom. The standard InChI is InChI=1S/C21H27NO3/c1-21(2,20(24)25-3)19(14-11-16-7-5-4-6-8-16)22-15-17-9-12-18(23)13-10-17/h4-10,12-13,19,22-23H,11,14-15H2,1-3H3. The maximum atomic E-state index is 12.2. The van der Waals surface area contributed by atoms with Crippen molar-refractivity contribution in [2.24, 2.45) is 5.41 Å². The van der Waals surface area contributed by atoms with Crippen LogP contribution in [0.3, 0.4) is 0 Å². The molecule has 0 spiro atoms. The highest BCUT2D eigenvalue weighted by atomic mass is 16.5. The Morgan fingerprint density at radius 2 is 1.72 bits per heavy atom. The number of esters is 1. The van der Waals surface area contributed by atoms with Crippen LogP contribution >= 0.6 is 0 Å². The molecule has 134 valence electrons. The number of phenols is 1. The number of carbonyl (C=O) groups excluding carboxylic acids is 1. The van der Waals surface area contributed by atoms with Crippen molar-refractivity contribution in [3.63, 3.8) is 0 Å². The van der Waals surface area contributed by atoms with Crippen LogP contribution in [0.5, 0.6) is 5.75 Å². The third-order valence-corrected chi connectivity index (χ3v) is 4.64. The van der Waals surface area contributed by atoms with Gasteiger partial charge in [-0.3, -0.25) is 4.79 Å². The zero-order valence-electron chi connectivity index (χ0n) is 15.2. The monoisotopic (exact) mass is 341 g/mol. The Balaban J connectivity index is 2.07. The maximum absolute atomic E-state index is 12.2. The van der Waals surface area contributed by atoms with E-state index in [1.165, 1.54) is 12.7 Å². The lowest BCUT2D eigenvalue weighted by molar-refractivity contribution is -0.152. The van der Waals surface area contributed by atoms with Gasteiger partial charge in [-0.1, -0.05) is 42.5 Å². The fourth-order valence-corrected chi connectivity index (χ4v) is 2.93. The van der Waals surface area contributed by atoms with Crippen molar-refractivity contribution in [2.45, 2.75) is 39.3 Å². The number of benzene rings is 2. The summed E-state index contributed by atoms with van der Waals surface area (Å²) >= 11 is 0. The largest absolute Gasteiger partial charge is 0.508 e. The number of methoxy groups -OCH3 is 1. The van der Waals surface area contributed by atoms with Gasteiger partial charge in [-0.15, -0.1) is 0 Å². The van der Waals surface area contributed by atoms with E-state index >= 15 is 0 Å². The summed E-state index contributed by atoms with van der Waals surface area (Å²) in [5.41, 5.74) is 1.67. The molecule has 0 radical (unpaired) electrons. The molecular weight excluding hydrogens is 314 g/mol. The van der Waals surface area contributed by atoms with Crippen LogP contribution in [0, 0.1) is 5.41 Å². The van der Waals surface area contributed by atoms with Crippen LogP contribution in [0.15, 0.2) is 54.6 Å². The molecule has 1 unspecified atom stereocenters. The average molecular weight is 341 g/mol. The van der Waals surface area contributed by atoms with Crippen LogP contribution in [0.1, 0.15) is 31.4 Å². The first kappa shape index (κ1) is 19.0. The van der Waals surface area contributed by atoms with E-state index in [-0.39, 0.29) is 17.8 Å². The molecule has 0 saturated carbocycles. The number of phenolic OH excluding ortho intramolecular Hbond substituents is 1. The minimum absolute atomic E-state index is 0.0334. The maximum Gasteiger partial charge on any atom is 0.312 e. The molecular formula is C21H27NO3. The Kier molecular flexibility index (Phi) is 6.59. The Morgan fingerprint density at radius 1 is 1.08 bits per heavy atom. The zero-order chi connectivity index (χ0) is 18.3. The van der Waals surface area contributed by atoms with Gasteiger partial charge in [-0.05, 0) is 49.9 Å². The lowest BCUT2D eigenvalue weighted by Gasteiger charge is -2.33. The van der Waals surface area contributed by atoms with E-state index in [1.54, 1.807) is 12.1 Å². The van der Waals surface area contributed by atoms with E-state index in [1.807, 2.05) is 44.2 Å². The molecule has 0 aliphatic carbocycles. The quantitative estimate of drug-likeness (QED) is 0.719. The van der Waals surface area contributed by atoms with E-state index in [4.69, 9.17) is 4.74 Å². The second-order valence-electron chi connectivity index (χ2n) is 6.84. The van der Waals surface area contributed by atoms with Crippen molar-refractivity contribution in [1.82, 2.24) is 5.32 Å². The van der Waals surface area contributed by atoms with Gasteiger partial charge in [0, 0.05) is 12.6 Å². The first-order chi connectivity index (χ1) is 11.9. The third-order valence-electron chi connectivity index (χ3n) is 4.64. The normalized spacial score (nSPS) is 12.6. The number of hydrogen-bond acceptors (Lipinski definition) is 4. The fourth-order valence-electron chi connectivity index (χ4n) is 2.93. The highest BCUT2D eigenvalue weighted by Crippen LogP contribution is 2.26. The second kappa shape index (κ2) is 8.67. The highest BCUT2D eigenvalue weighted by Gasteiger charge is 2.37. The van der Waals surface area contributed by atoms with Crippen molar-refractivity contribution in [3.8, 4) is 5.75 Å². The summed E-state index contributed by atoms with van der Waals surface area (Å²) in [6.07, 6.45) is 1.71. The molecule has 0 saturated heterocycles. The zero-order valence-corrected chi connectivity index (χ0v) is 15.2. The summed E-state index contributed by atoms with van der Waals surface area (Å²) < 4.78 is 5.00. The molecule has 4 heteroatoms. The predicted molar refractivity (Wildman–Crippen MR) is 99.3 cm³/mol. The molecule has 0 aliphatic rings. The Labute approximate surface area is 149 Å². The lowest BCUT2D eigenvalue weighted by Crippen LogP contribution is -2.47. The van der Waals surface area contributed by atoms with E-state index in [0.29, 0.717) is 6.54 Å². The molecule has 2 rings (SSSR count). The summed E-state index contributed by atoms with van der Waals surface area (Å²) in [6.45, 7) is 4.46. The van der Waals surface area contributed by atoms with Gasteiger partial charge in [0.05, 0.1) is 12.5 Å². The number of aromatic hydroxyl groups is 1. The number of rotatable bonds is 8. The predicted octanol–water partition coefficient (Wildman–Crippen LogP) is 3.68. The van der Waals surface area contributed by atoms with Crippen molar-refractivity contribution in [1.29, 1.82) is 0 Å². The fraction of sp³-hybridized carbons (Fsp3) is 0.381. The molecule has 1 atom stereocenters. The molecule has 2 aromatic carbocycles. The SMILES string of the molecule is COC(=O)C(C)(C)C(CCc1ccccc1)NCc1ccc(O)cc1. The molecule has 0 bridgehead atoms. The molecule has 4 nitrogen and oxygen atoms in total. The average Bonchev–Trinajstić information content (AvgIpc) is 2.63. The molecule has 2 N–H and O–H groups in total. The minimum Gasteiger partial charge on any atom is -0.508 e. The van der Waals surface area contributed by atoms with Crippen LogP contribution in [0.25, 0.3) is 0 Å². The Bertz CT molecular complexity index is 665. The molecule has 0 heterocycles. The van der Waals surface area contributed by atoms with Gasteiger partial charge in [-0.25, -0.2) is 0 Å². The molecule has 2 aromatic rings. The van der Waals surface area contributed by atoms with Crippen LogP contribution in [-0.4, -0.2) is 24.2 Å². The minimum atomic E-state index is -0.638. The van der Waals surface area contributed by atoms with Gasteiger partial charge in [0.1, 0.15) is 5.75 Å². The highest BCUT2D eigenvalue weighted by molar-refractivity contribution is 5.76. The third kappa shape index (κ3) is 5.33. The molecule has 0 amide bonds. The van der Waals surface area contributed by atoms with Crippen molar-refractivity contribution < 1.29 is 14.6 Å². The first-order valence-electron chi connectivity index (χ1n) is 8.57. The number of nitrogens with one attached hydrogen (secondary N) is 1. The molecule has 0 aromatic heterocycles. The smallest absolute Gasteiger partial charge is 0.312 e. The summed E-state index contributed by atoms with van der Waals surface area (Å²) in [6, 6.07) is 17.3. The van der Waals surface area contributed by atoms with E-state index in [9.17, 15) is 9.90 Å². The lowest BCUT2D eigenvalue weighted by atomic mass is 9.81. The van der Waals surface area contributed by atoms with Crippen LogP contribution in [-0.2, 0) is 22.5 Å². The Hall–Kier alpha value is -2.33. The van der Waals surface area contributed by atoms with Gasteiger partial charge < -0.3 is 15.2 Å². The van der Waals surface area contributed by atoms with Crippen LogP contribution in [0.2, 0.25) is 0 Å². The van der Waals surface area contributed by atoms with Gasteiger partial charge in [0.25, 0.3) is 0 Å². The van der Waals surface area contributed by atoms with E-state index in [0.717, 1.165) is 18.4 Å². The van der Waals surface area contributed by atoms with E-state index < -0.39 is 5.41 Å². The van der Waals surface area contributed by atoms with Gasteiger partial charge in [0.15, 0.2) is 0 Å². The number of ether oxygens (including phenoxy) is 1. The van der Waals surface area contributed by atoms with Gasteiger partial charge in [0.2, 0.25) is 0 Å². The summed E-state index contributed by atoms with van der Waals surface area (Å²) in [7, 11) is 1.43. The number of hydrogen-bond donors (Lipinski definition) is 2. The summed E-state index contributed by atoms with van der Waals surface area (Å²) in [4.78, 5) is 12.2. The molecule has 0 aliphatic heterocycles. The van der Waals surface area contributed by atoms with Crippen LogP contribution < -0.4 is 5.32 Å².